The monoisotopic (exact) mass is 256 g/mol. The molecule has 0 unspecified atom stereocenters. The van der Waals surface area contributed by atoms with Gasteiger partial charge in [-0.25, -0.2) is 4.98 Å². The number of rotatable bonds is 4. The summed E-state index contributed by atoms with van der Waals surface area (Å²) in [6.07, 6.45) is 0. The molecule has 0 aromatic carbocycles. The van der Waals surface area contributed by atoms with Crippen LogP contribution in [0.1, 0.15) is 0 Å². The average Bonchev–Trinajstić information content (AvgIpc) is 2.29. The Bertz CT molecular complexity index is 348. The Balaban J connectivity index is 1.77. The van der Waals surface area contributed by atoms with Crippen molar-refractivity contribution in [1.29, 1.82) is 0 Å². The molecule has 0 saturated carbocycles. The second-order valence-corrected chi connectivity index (χ2v) is 4.38. The third kappa shape index (κ3) is 4.03. The number of pyridine rings is 1. The number of nitrogens with zero attached hydrogens (tertiary/aromatic N) is 2. The van der Waals surface area contributed by atoms with Gasteiger partial charge < -0.3 is 15.8 Å². The van der Waals surface area contributed by atoms with Gasteiger partial charge in [-0.1, -0.05) is 11.6 Å². The highest BCUT2D eigenvalue weighted by Crippen LogP contribution is 2.15. The van der Waals surface area contributed by atoms with Crippen LogP contribution in [0.4, 0.5) is 11.5 Å². The lowest BCUT2D eigenvalue weighted by molar-refractivity contribution is 0.0398. The zero-order valence-electron chi connectivity index (χ0n) is 9.66. The van der Waals surface area contributed by atoms with Gasteiger partial charge in [0, 0.05) is 37.9 Å². The van der Waals surface area contributed by atoms with Crippen LogP contribution in [0.25, 0.3) is 0 Å². The van der Waals surface area contributed by atoms with Crippen molar-refractivity contribution in [2.45, 2.75) is 0 Å². The van der Waals surface area contributed by atoms with Crippen LogP contribution in [-0.4, -0.2) is 49.3 Å². The molecule has 1 aliphatic rings. The van der Waals surface area contributed by atoms with Gasteiger partial charge in [0.15, 0.2) is 0 Å². The molecular weight excluding hydrogens is 240 g/mol. The first-order valence-corrected chi connectivity index (χ1v) is 6.09. The summed E-state index contributed by atoms with van der Waals surface area (Å²) >= 11 is 5.82. The van der Waals surface area contributed by atoms with Gasteiger partial charge in [0.1, 0.15) is 11.0 Å². The minimum atomic E-state index is 0.416. The molecule has 17 heavy (non-hydrogen) atoms. The summed E-state index contributed by atoms with van der Waals surface area (Å²) in [5, 5.41) is 3.63. The molecule has 3 N–H and O–H groups in total. The molecule has 1 fully saturated rings. The second kappa shape index (κ2) is 6.05. The van der Waals surface area contributed by atoms with Crippen LogP contribution in [0, 0.1) is 0 Å². The fourth-order valence-electron chi connectivity index (χ4n) is 1.77. The van der Waals surface area contributed by atoms with Crippen molar-refractivity contribution in [2.75, 3.05) is 50.4 Å². The Morgan fingerprint density at radius 3 is 2.88 bits per heavy atom. The minimum Gasteiger partial charge on any atom is -0.399 e. The normalized spacial score (nSPS) is 17.0. The topological polar surface area (TPSA) is 63.4 Å². The van der Waals surface area contributed by atoms with E-state index in [1.165, 1.54) is 0 Å². The van der Waals surface area contributed by atoms with Gasteiger partial charge in [0.25, 0.3) is 0 Å². The fraction of sp³-hybridized carbons (Fsp3) is 0.545. The Morgan fingerprint density at radius 1 is 1.41 bits per heavy atom. The third-order valence-corrected chi connectivity index (χ3v) is 2.85. The van der Waals surface area contributed by atoms with Gasteiger partial charge >= 0.3 is 0 Å². The first-order valence-electron chi connectivity index (χ1n) is 5.71. The van der Waals surface area contributed by atoms with Crippen molar-refractivity contribution in [3.05, 3.63) is 17.3 Å². The predicted molar refractivity (Wildman–Crippen MR) is 69.4 cm³/mol. The van der Waals surface area contributed by atoms with Crippen molar-refractivity contribution in [3.63, 3.8) is 0 Å². The maximum atomic E-state index is 5.82. The average molecular weight is 257 g/mol. The van der Waals surface area contributed by atoms with E-state index in [0.29, 0.717) is 10.8 Å². The van der Waals surface area contributed by atoms with Gasteiger partial charge in [-0.15, -0.1) is 0 Å². The molecule has 0 aliphatic carbocycles. The first-order chi connectivity index (χ1) is 8.24. The van der Waals surface area contributed by atoms with Gasteiger partial charge in [0.05, 0.1) is 13.2 Å². The summed E-state index contributed by atoms with van der Waals surface area (Å²) in [6.45, 7) is 5.43. The van der Waals surface area contributed by atoms with Crippen molar-refractivity contribution in [2.24, 2.45) is 0 Å². The molecule has 2 rings (SSSR count). The van der Waals surface area contributed by atoms with E-state index in [1.54, 1.807) is 12.1 Å². The number of ether oxygens (including phenoxy) is 1. The van der Waals surface area contributed by atoms with Crippen molar-refractivity contribution in [3.8, 4) is 0 Å². The van der Waals surface area contributed by atoms with Crippen LogP contribution >= 0.6 is 11.6 Å². The molecule has 0 radical (unpaired) electrons. The van der Waals surface area contributed by atoms with Gasteiger partial charge in [-0.05, 0) is 6.07 Å². The first kappa shape index (κ1) is 12.4. The van der Waals surface area contributed by atoms with Gasteiger partial charge in [-0.2, -0.15) is 0 Å². The van der Waals surface area contributed by atoms with Crippen LogP contribution in [0.2, 0.25) is 5.15 Å². The number of nitrogens with two attached hydrogens (primary N) is 1. The Morgan fingerprint density at radius 2 is 2.18 bits per heavy atom. The molecule has 0 atom stereocenters. The predicted octanol–water partition coefficient (Wildman–Crippen LogP) is 1.06. The van der Waals surface area contributed by atoms with Gasteiger partial charge in [0.2, 0.25) is 0 Å². The Labute approximate surface area is 106 Å². The molecule has 1 saturated heterocycles. The fourth-order valence-corrected chi connectivity index (χ4v) is 1.99. The highest BCUT2D eigenvalue weighted by molar-refractivity contribution is 6.29. The molecule has 0 amide bonds. The van der Waals surface area contributed by atoms with Crippen molar-refractivity contribution >= 4 is 23.1 Å². The van der Waals surface area contributed by atoms with Crippen LogP contribution in [0.3, 0.4) is 0 Å². The lowest BCUT2D eigenvalue weighted by atomic mass is 10.4. The lowest BCUT2D eigenvalue weighted by Gasteiger charge is -2.26. The van der Waals surface area contributed by atoms with Crippen LogP contribution in [-0.2, 0) is 4.74 Å². The van der Waals surface area contributed by atoms with E-state index in [1.807, 2.05) is 0 Å². The maximum absolute atomic E-state index is 5.82. The van der Waals surface area contributed by atoms with Gasteiger partial charge in [-0.3, -0.25) is 4.90 Å². The van der Waals surface area contributed by atoms with E-state index in [2.05, 4.69) is 15.2 Å². The molecule has 1 aromatic heterocycles. The minimum absolute atomic E-state index is 0.416. The number of anilines is 2. The van der Waals surface area contributed by atoms with Crippen molar-refractivity contribution < 1.29 is 4.74 Å². The molecule has 6 heteroatoms. The highest BCUT2D eigenvalue weighted by Gasteiger charge is 2.09. The molecule has 94 valence electrons. The molecule has 1 aliphatic heterocycles. The maximum Gasteiger partial charge on any atom is 0.133 e. The van der Waals surface area contributed by atoms with E-state index in [4.69, 9.17) is 22.1 Å². The molecular formula is C11H17ClN4O. The Kier molecular flexibility index (Phi) is 4.42. The molecule has 2 heterocycles. The number of nitrogens with one attached hydrogen (secondary N) is 1. The second-order valence-electron chi connectivity index (χ2n) is 3.99. The number of nitrogen functional groups attached to an aromatic ring is 1. The van der Waals surface area contributed by atoms with Crippen molar-refractivity contribution in [1.82, 2.24) is 9.88 Å². The number of hydrogen-bond acceptors (Lipinski definition) is 5. The van der Waals surface area contributed by atoms with E-state index in [0.717, 1.165) is 45.2 Å². The summed E-state index contributed by atoms with van der Waals surface area (Å²) in [7, 11) is 0. The number of aromatic nitrogens is 1. The highest BCUT2D eigenvalue weighted by atomic mass is 35.5. The van der Waals surface area contributed by atoms with E-state index in [9.17, 15) is 0 Å². The molecule has 0 bridgehead atoms. The summed E-state index contributed by atoms with van der Waals surface area (Å²) < 4.78 is 5.29. The quantitative estimate of drug-likeness (QED) is 0.789. The summed E-state index contributed by atoms with van der Waals surface area (Å²) in [5.74, 6) is 0.725. The number of hydrogen-bond donors (Lipinski definition) is 2. The summed E-state index contributed by atoms with van der Waals surface area (Å²) in [4.78, 5) is 6.50. The summed E-state index contributed by atoms with van der Waals surface area (Å²) in [5.41, 5.74) is 6.31. The molecule has 5 nitrogen and oxygen atoms in total. The smallest absolute Gasteiger partial charge is 0.133 e. The molecule has 1 aromatic rings. The lowest BCUT2D eigenvalue weighted by Crippen LogP contribution is -2.39. The van der Waals surface area contributed by atoms with Crippen LogP contribution in [0.5, 0.6) is 0 Å². The summed E-state index contributed by atoms with van der Waals surface area (Å²) in [6, 6.07) is 3.42. The third-order valence-electron chi connectivity index (χ3n) is 2.65. The zero-order chi connectivity index (χ0) is 12.1. The SMILES string of the molecule is Nc1cc(Cl)nc(NCCN2CCOCC2)c1. The van der Waals surface area contributed by atoms with E-state index >= 15 is 0 Å². The largest absolute Gasteiger partial charge is 0.399 e. The zero-order valence-corrected chi connectivity index (χ0v) is 10.4. The van der Waals surface area contributed by atoms with E-state index in [-0.39, 0.29) is 0 Å². The number of morpholine rings is 1. The Hall–Kier alpha value is -1.04. The molecule has 0 spiro atoms. The standard InChI is InChI=1S/C11H17ClN4O/c12-10-7-9(13)8-11(15-10)14-1-2-16-3-5-17-6-4-16/h7-8H,1-6H2,(H3,13,14,15). The van der Waals surface area contributed by atoms with Crippen LogP contribution in [0.15, 0.2) is 12.1 Å². The number of halogens is 1. The van der Waals surface area contributed by atoms with Crippen LogP contribution < -0.4 is 11.1 Å². The van der Waals surface area contributed by atoms with E-state index < -0.39 is 0 Å².